The van der Waals surface area contributed by atoms with Crippen LogP contribution in [0.3, 0.4) is 0 Å². The van der Waals surface area contributed by atoms with Crippen molar-refractivity contribution in [1.29, 1.82) is 0 Å². The van der Waals surface area contributed by atoms with E-state index in [0.717, 1.165) is 0 Å². The molecule has 2 aromatic carbocycles. The number of hydrogen-bond donors (Lipinski definition) is 2. The quantitative estimate of drug-likeness (QED) is 0.670. The summed E-state index contributed by atoms with van der Waals surface area (Å²) in [6.07, 6.45) is 0. The van der Waals surface area contributed by atoms with Crippen LogP contribution < -0.4 is 11.1 Å². The third-order valence-corrected chi connectivity index (χ3v) is 5.68. The van der Waals surface area contributed by atoms with Gasteiger partial charge in [-0.05, 0) is 25.1 Å². The minimum atomic E-state index is -1.81. The zero-order valence-electron chi connectivity index (χ0n) is 16.1. The van der Waals surface area contributed by atoms with Crippen molar-refractivity contribution in [2.24, 2.45) is 5.73 Å². The number of ketones is 1. The highest BCUT2D eigenvalue weighted by molar-refractivity contribution is 9.10. The summed E-state index contributed by atoms with van der Waals surface area (Å²) in [4.78, 5) is 39.3. The maximum absolute atomic E-state index is 13.5. The van der Waals surface area contributed by atoms with Gasteiger partial charge in [-0.1, -0.05) is 46.3 Å². The van der Waals surface area contributed by atoms with E-state index in [-0.39, 0.29) is 22.8 Å². The fraction of sp³-hybridized carbons (Fsp3) is 0.136. The Bertz CT molecular complexity index is 1170. The van der Waals surface area contributed by atoms with E-state index >= 15 is 0 Å². The molecule has 2 heterocycles. The van der Waals surface area contributed by atoms with Gasteiger partial charge in [-0.15, -0.1) is 0 Å². The molecule has 8 heteroatoms. The number of carbonyl (C=O) groups excluding carboxylic acids is 3. The summed E-state index contributed by atoms with van der Waals surface area (Å²) in [5.74, 6) is -2.06. The van der Waals surface area contributed by atoms with Crippen LogP contribution in [0.4, 0.5) is 5.69 Å². The second-order valence-corrected chi connectivity index (χ2v) is 7.77. The molecule has 7 nitrogen and oxygen atoms in total. The van der Waals surface area contributed by atoms with Crippen LogP contribution in [-0.4, -0.2) is 24.8 Å². The Hall–Kier alpha value is -3.39. The molecule has 0 saturated heterocycles. The van der Waals surface area contributed by atoms with Crippen molar-refractivity contribution >= 4 is 45.0 Å². The third-order valence-electron chi connectivity index (χ3n) is 5.19. The maximum atomic E-state index is 13.5. The van der Waals surface area contributed by atoms with Gasteiger partial charge in [-0.3, -0.25) is 9.59 Å². The summed E-state index contributed by atoms with van der Waals surface area (Å²) in [7, 11) is 1.18. The summed E-state index contributed by atoms with van der Waals surface area (Å²) >= 11 is 3.41. The zero-order chi connectivity index (χ0) is 21.6. The molecule has 152 valence electrons. The average Bonchev–Trinajstić information content (AvgIpc) is 2.99. The minimum absolute atomic E-state index is 0.0117. The van der Waals surface area contributed by atoms with E-state index in [4.69, 9.17) is 15.2 Å². The molecule has 3 N–H and O–H groups in total. The Kier molecular flexibility index (Phi) is 4.74. The molecule has 4 rings (SSSR count). The van der Waals surface area contributed by atoms with Crippen LogP contribution in [0.2, 0.25) is 0 Å². The largest absolute Gasteiger partial charge is 0.465 e. The van der Waals surface area contributed by atoms with Crippen LogP contribution in [0.1, 0.15) is 18.1 Å². The van der Waals surface area contributed by atoms with Crippen LogP contribution in [-0.2, 0) is 29.3 Å². The third kappa shape index (κ3) is 2.68. The van der Waals surface area contributed by atoms with Gasteiger partial charge in [0.1, 0.15) is 16.7 Å². The normalized spacial score (nSPS) is 20.0. The van der Waals surface area contributed by atoms with Crippen molar-refractivity contribution in [3.63, 3.8) is 0 Å². The minimum Gasteiger partial charge on any atom is -0.465 e. The van der Waals surface area contributed by atoms with Crippen molar-refractivity contribution < 1.29 is 23.9 Å². The highest BCUT2D eigenvalue weighted by Crippen LogP contribution is 2.54. The highest BCUT2D eigenvalue weighted by Gasteiger charge is 2.61. The van der Waals surface area contributed by atoms with Crippen molar-refractivity contribution in [3.05, 3.63) is 81.2 Å². The zero-order valence-corrected chi connectivity index (χ0v) is 17.7. The Labute approximate surface area is 180 Å². The number of esters is 1. The first-order chi connectivity index (χ1) is 14.3. The highest BCUT2D eigenvalue weighted by atomic mass is 79.9. The standard InChI is InChI=1S/C22H17BrN2O5/c1-11(26)16-18(12-6-4-3-5-7-12)30-19(24)17(20(27)29-2)22(16)14-10-13(23)8-9-15(14)25-21(22)28/h3-10H,24H2,1-2H3,(H,25,28). The van der Waals surface area contributed by atoms with E-state index < -0.39 is 23.1 Å². The number of halogens is 1. The van der Waals surface area contributed by atoms with E-state index in [1.54, 1.807) is 42.5 Å². The maximum Gasteiger partial charge on any atom is 0.340 e. The van der Waals surface area contributed by atoms with Gasteiger partial charge < -0.3 is 20.5 Å². The first kappa shape index (κ1) is 19.9. The Morgan fingerprint density at radius 3 is 2.47 bits per heavy atom. The van der Waals surface area contributed by atoms with Crippen molar-refractivity contribution in [1.82, 2.24) is 0 Å². The Morgan fingerprint density at radius 1 is 1.13 bits per heavy atom. The number of amides is 1. The summed E-state index contributed by atoms with van der Waals surface area (Å²) in [6.45, 7) is 1.32. The molecule has 2 aliphatic heterocycles. The molecule has 1 amide bonds. The van der Waals surface area contributed by atoms with E-state index in [1.165, 1.54) is 14.0 Å². The monoisotopic (exact) mass is 468 g/mol. The molecule has 2 aliphatic rings. The lowest BCUT2D eigenvalue weighted by molar-refractivity contribution is -0.138. The van der Waals surface area contributed by atoms with Gasteiger partial charge in [0.15, 0.2) is 5.78 Å². The second-order valence-electron chi connectivity index (χ2n) is 6.85. The second kappa shape index (κ2) is 7.14. The van der Waals surface area contributed by atoms with Crippen molar-refractivity contribution in [2.75, 3.05) is 12.4 Å². The molecule has 1 unspecified atom stereocenters. The number of hydrogen-bond acceptors (Lipinski definition) is 6. The molecular weight excluding hydrogens is 452 g/mol. The summed E-state index contributed by atoms with van der Waals surface area (Å²) in [6, 6.07) is 13.9. The average molecular weight is 469 g/mol. The number of methoxy groups -OCH3 is 1. The molecule has 0 radical (unpaired) electrons. The van der Waals surface area contributed by atoms with Crippen LogP contribution in [0.25, 0.3) is 5.76 Å². The first-order valence-corrected chi connectivity index (χ1v) is 9.80. The summed E-state index contributed by atoms with van der Waals surface area (Å²) < 4.78 is 11.4. The first-order valence-electron chi connectivity index (χ1n) is 9.01. The molecule has 0 saturated carbocycles. The lowest BCUT2D eigenvalue weighted by Gasteiger charge is -2.36. The van der Waals surface area contributed by atoms with Crippen LogP contribution in [0.5, 0.6) is 0 Å². The molecule has 1 spiro atoms. The van der Waals surface area contributed by atoms with Gasteiger partial charge in [0, 0.05) is 21.3 Å². The number of benzene rings is 2. The molecule has 2 aromatic rings. The lowest BCUT2D eigenvalue weighted by atomic mass is 9.66. The van der Waals surface area contributed by atoms with Gasteiger partial charge in [-0.25, -0.2) is 4.79 Å². The van der Waals surface area contributed by atoms with Gasteiger partial charge in [0.25, 0.3) is 0 Å². The number of fused-ring (bicyclic) bond motifs is 2. The van der Waals surface area contributed by atoms with E-state index in [0.29, 0.717) is 21.3 Å². The van der Waals surface area contributed by atoms with Crippen molar-refractivity contribution in [2.45, 2.75) is 12.3 Å². The van der Waals surface area contributed by atoms with Crippen LogP contribution in [0, 0.1) is 0 Å². The number of rotatable bonds is 3. The molecule has 0 aromatic heterocycles. The predicted octanol–water partition coefficient (Wildman–Crippen LogP) is 3.01. The fourth-order valence-electron chi connectivity index (χ4n) is 4.04. The van der Waals surface area contributed by atoms with E-state index in [1.807, 2.05) is 6.07 Å². The fourth-order valence-corrected chi connectivity index (χ4v) is 4.40. The number of nitrogens with one attached hydrogen (secondary N) is 1. The number of Topliss-reactive ketones (excluding diaryl/α,β-unsaturated/α-hetero) is 1. The van der Waals surface area contributed by atoms with E-state index in [9.17, 15) is 14.4 Å². The number of anilines is 1. The van der Waals surface area contributed by atoms with Gasteiger partial charge in [-0.2, -0.15) is 0 Å². The molecule has 0 fully saturated rings. The Balaban J connectivity index is 2.17. The van der Waals surface area contributed by atoms with Crippen LogP contribution in [0.15, 0.2) is 70.0 Å². The van der Waals surface area contributed by atoms with E-state index in [2.05, 4.69) is 21.2 Å². The van der Waals surface area contributed by atoms with Crippen molar-refractivity contribution in [3.8, 4) is 0 Å². The SMILES string of the molecule is COC(=O)C1=C(N)OC(c2ccccc2)=C(C(C)=O)C12C(=O)Nc1ccc(Br)cc12. The smallest absolute Gasteiger partial charge is 0.340 e. The van der Waals surface area contributed by atoms with Gasteiger partial charge in [0.2, 0.25) is 11.8 Å². The number of carbonyl (C=O) groups is 3. The molecule has 0 bridgehead atoms. The lowest BCUT2D eigenvalue weighted by Crippen LogP contribution is -2.47. The molecule has 30 heavy (non-hydrogen) atoms. The van der Waals surface area contributed by atoms with Gasteiger partial charge in [0.05, 0.1) is 12.7 Å². The molecular formula is C22H17BrN2O5. The molecule has 0 aliphatic carbocycles. The Morgan fingerprint density at radius 2 is 1.83 bits per heavy atom. The topological polar surface area (TPSA) is 108 Å². The summed E-state index contributed by atoms with van der Waals surface area (Å²) in [5, 5.41) is 2.77. The molecule has 1 atom stereocenters. The number of ether oxygens (including phenoxy) is 2. The number of nitrogens with two attached hydrogens (primary N) is 1. The van der Waals surface area contributed by atoms with Gasteiger partial charge >= 0.3 is 5.97 Å². The predicted molar refractivity (Wildman–Crippen MR) is 113 cm³/mol. The summed E-state index contributed by atoms with van der Waals surface area (Å²) in [5.41, 5.74) is 5.56. The van der Waals surface area contributed by atoms with Crippen LogP contribution >= 0.6 is 15.9 Å².